The molecular weight excluding hydrogens is 519 g/mol. The van der Waals surface area contributed by atoms with E-state index in [4.69, 9.17) is 9.47 Å². The second kappa shape index (κ2) is 9.67. The molecule has 2 aliphatic heterocycles. The van der Waals surface area contributed by atoms with Crippen molar-refractivity contribution >= 4 is 44.1 Å². The van der Waals surface area contributed by atoms with Crippen LogP contribution < -0.4 is 14.4 Å². The van der Waals surface area contributed by atoms with Crippen LogP contribution in [0.25, 0.3) is 16.0 Å². The van der Waals surface area contributed by atoms with Crippen molar-refractivity contribution in [1.29, 1.82) is 0 Å². The number of aliphatic hydroxyl groups excluding tert-OH is 1. The lowest BCUT2D eigenvalue weighted by Gasteiger charge is -2.23. The predicted molar refractivity (Wildman–Crippen MR) is 147 cm³/mol. The third kappa shape index (κ3) is 4.34. The summed E-state index contributed by atoms with van der Waals surface area (Å²) < 4.78 is 25.8. The van der Waals surface area contributed by atoms with Gasteiger partial charge >= 0.3 is 5.91 Å². The van der Waals surface area contributed by atoms with E-state index < -0.39 is 23.5 Å². The third-order valence-electron chi connectivity index (χ3n) is 6.72. The lowest BCUT2D eigenvalue weighted by Crippen LogP contribution is -2.29. The summed E-state index contributed by atoms with van der Waals surface area (Å²) in [6.45, 7) is 5.92. The van der Waals surface area contributed by atoms with Gasteiger partial charge < -0.3 is 14.6 Å². The highest BCUT2D eigenvalue weighted by atomic mass is 32.1. The van der Waals surface area contributed by atoms with Crippen LogP contribution in [0.5, 0.6) is 11.5 Å². The zero-order valence-electron chi connectivity index (χ0n) is 20.9. The summed E-state index contributed by atoms with van der Waals surface area (Å²) >= 11 is 1.10. The SMILES string of the molecule is C=CCOc1ccc([C@@H]2C(=C(O)c3ccc4c(c3)C[C@H](C)O4)C(=O)C(=O)N2c2nc3ccc(F)cc3s2)cc1. The standard InChI is InChI=1S/C30H23FN2O5S/c1-3-12-37-21-8-4-17(5-9-21)26-25(27(34)18-6-11-23-19(14-18)13-16(2)38-23)28(35)29(36)33(26)30-32-22-10-7-20(31)15-24(22)39-30/h3-11,14-16,26,34H,1,12-13H2,2H3/t16-,26+/m0/s1. The number of anilines is 1. The van der Waals surface area contributed by atoms with Gasteiger partial charge in [0.25, 0.3) is 5.78 Å². The molecule has 1 N–H and O–H groups in total. The van der Waals surface area contributed by atoms with E-state index in [-0.39, 0.29) is 22.6 Å². The van der Waals surface area contributed by atoms with Gasteiger partial charge in [-0.1, -0.05) is 36.1 Å². The highest BCUT2D eigenvalue weighted by molar-refractivity contribution is 7.22. The first kappa shape index (κ1) is 24.8. The number of carbonyl (C=O) groups is 2. The molecule has 0 unspecified atom stereocenters. The van der Waals surface area contributed by atoms with Gasteiger partial charge in [-0.05, 0) is 66.6 Å². The molecule has 0 radical (unpaired) electrons. The first-order chi connectivity index (χ1) is 18.8. The molecule has 0 aliphatic carbocycles. The average molecular weight is 543 g/mol. The fourth-order valence-corrected chi connectivity index (χ4v) is 5.98. The molecule has 2 atom stereocenters. The number of rotatable bonds is 6. The molecule has 1 amide bonds. The maximum Gasteiger partial charge on any atom is 0.301 e. The fraction of sp³-hybridized carbons (Fsp3) is 0.167. The Kier molecular flexibility index (Phi) is 6.15. The number of aliphatic hydroxyl groups is 1. The molecule has 196 valence electrons. The number of nitrogens with zero attached hydrogens (tertiary/aromatic N) is 2. The fourth-order valence-electron chi connectivity index (χ4n) is 4.96. The maximum absolute atomic E-state index is 13.9. The van der Waals surface area contributed by atoms with Crippen molar-refractivity contribution in [2.45, 2.75) is 25.5 Å². The Labute approximate surface area is 227 Å². The minimum atomic E-state index is -0.965. The molecule has 6 rings (SSSR count). The largest absolute Gasteiger partial charge is 0.507 e. The molecular formula is C30H23FN2O5S. The maximum atomic E-state index is 13.9. The van der Waals surface area contributed by atoms with Crippen LogP contribution in [-0.2, 0) is 16.0 Å². The first-order valence-corrected chi connectivity index (χ1v) is 13.2. The second-order valence-electron chi connectivity index (χ2n) is 9.40. The third-order valence-corrected chi connectivity index (χ3v) is 7.74. The van der Waals surface area contributed by atoms with Crippen molar-refractivity contribution in [1.82, 2.24) is 4.98 Å². The quantitative estimate of drug-likeness (QED) is 0.140. The van der Waals surface area contributed by atoms with Crippen LogP contribution in [0, 0.1) is 5.82 Å². The van der Waals surface area contributed by atoms with Gasteiger partial charge in [-0.15, -0.1) is 0 Å². The summed E-state index contributed by atoms with van der Waals surface area (Å²) in [5.74, 6) is -1.07. The number of carbonyl (C=O) groups excluding carboxylic acids is 2. The van der Waals surface area contributed by atoms with Gasteiger partial charge in [0, 0.05) is 12.0 Å². The van der Waals surface area contributed by atoms with Gasteiger partial charge in [-0.25, -0.2) is 9.37 Å². The number of amides is 1. The average Bonchev–Trinajstić information content (AvgIpc) is 3.59. The topological polar surface area (TPSA) is 89.0 Å². The smallest absolute Gasteiger partial charge is 0.301 e. The predicted octanol–water partition coefficient (Wildman–Crippen LogP) is 5.95. The van der Waals surface area contributed by atoms with Crippen LogP contribution in [0.2, 0.25) is 0 Å². The van der Waals surface area contributed by atoms with Crippen molar-refractivity contribution in [2.24, 2.45) is 0 Å². The van der Waals surface area contributed by atoms with Gasteiger partial charge in [0.2, 0.25) is 0 Å². The molecule has 39 heavy (non-hydrogen) atoms. The molecule has 3 aromatic carbocycles. The van der Waals surface area contributed by atoms with Gasteiger partial charge in [0.05, 0.1) is 21.8 Å². The van der Waals surface area contributed by atoms with E-state index in [1.165, 1.54) is 23.1 Å². The highest BCUT2D eigenvalue weighted by Gasteiger charge is 2.48. The summed E-state index contributed by atoms with van der Waals surface area (Å²) in [6.07, 6.45) is 2.30. The number of hydrogen-bond donors (Lipinski definition) is 1. The van der Waals surface area contributed by atoms with Crippen LogP contribution >= 0.6 is 11.3 Å². The number of thiazole rings is 1. The lowest BCUT2D eigenvalue weighted by molar-refractivity contribution is -0.132. The van der Waals surface area contributed by atoms with Crippen LogP contribution in [0.15, 0.2) is 78.9 Å². The molecule has 9 heteroatoms. The normalized spacial score (nSPS) is 19.8. The van der Waals surface area contributed by atoms with Crippen molar-refractivity contribution in [3.63, 3.8) is 0 Å². The Morgan fingerprint density at radius 3 is 2.77 bits per heavy atom. The van der Waals surface area contributed by atoms with Crippen LogP contribution in [-0.4, -0.2) is 34.5 Å². The van der Waals surface area contributed by atoms with Crippen molar-refractivity contribution in [3.05, 3.63) is 101 Å². The Hall–Kier alpha value is -4.50. The Balaban J connectivity index is 1.50. The molecule has 3 heterocycles. The monoisotopic (exact) mass is 542 g/mol. The molecule has 0 bridgehead atoms. The number of benzene rings is 3. The zero-order chi connectivity index (χ0) is 27.3. The van der Waals surface area contributed by atoms with E-state index in [9.17, 15) is 19.1 Å². The summed E-state index contributed by atoms with van der Waals surface area (Å²) in [6, 6.07) is 15.3. The number of hydrogen-bond acceptors (Lipinski definition) is 7. The van der Waals surface area contributed by atoms with Gasteiger partial charge in [-0.3, -0.25) is 14.5 Å². The molecule has 0 saturated carbocycles. The number of ether oxygens (including phenoxy) is 2. The first-order valence-electron chi connectivity index (χ1n) is 12.3. The summed E-state index contributed by atoms with van der Waals surface area (Å²) in [7, 11) is 0. The summed E-state index contributed by atoms with van der Waals surface area (Å²) in [5, 5.41) is 11.7. The van der Waals surface area contributed by atoms with E-state index in [1.54, 1.807) is 48.5 Å². The Morgan fingerprint density at radius 2 is 2.00 bits per heavy atom. The highest BCUT2D eigenvalue weighted by Crippen LogP contribution is 2.45. The molecule has 7 nitrogen and oxygen atoms in total. The molecule has 1 fully saturated rings. The van der Waals surface area contributed by atoms with Crippen molar-refractivity contribution in [2.75, 3.05) is 11.5 Å². The van der Waals surface area contributed by atoms with Crippen LogP contribution in [0.3, 0.4) is 0 Å². The number of halogens is 1. The number of aromatic nitrogens is 1. The number of Topliss-reactive ketones (excluding diaryl/α,β-unsaturated/α-hetero) is 1. The van der Waals surface area contributed by atoms with Crippen LogP contribution in [0.1, 0.15) is 29.7 Å². The Morgan fingerprint density at radius 1 is 1.21 bits per heavy atom. The van der Waals surface area contributed by atoms with Gasteiger partial charge in [-0.2, -0.15) is 0 Å². The number of ketones is 1. The second-order valence-corrected chi connectivity index (χ2v) is 10.4. The van der Waals surface area contributed by atoms with E-state index in [1.807, 2.05) is 6.92 Å². The van der Waals surface area contributed by atoms with E-state index in [0.717, 1.165) is 22.6 Å². The minimum absolute atomic E-state index is 0.00803. The van der Waals surface area contributed by atoms with E-state index in [2.05, 4.69) is 11.6 Å². The molecule has 4 aromatic rings. The zero-order valence-corrected chi connectivity index (χ0v) is 21.7. The summed E-state index contributed by atoms with van der Waals surface area (Å²) in [4.78, 5) is 32.8. The molecule has 1 aromatic heterocycles. The van der Waals surface area contributed by atoms with Gasteiger partial charge in [0.1, 0.15) is 35.8 Å². The molecule has 0 spiro atoms. The lowest BCUT2D eigenvalue weighted by atomic mass is 9.94. The number of fused-ring (bicyclic) bond motifs is 2. The molecule has 1 saturated heterocycles. The Bertz CT molecular complexity index is 1680. The molecule has 2 aliphatic rings. The van der Waals surface area contributed by atoms with Crippen LogP contribution in [0.4, 0.5) is 9.52 Å². The summed E-state index contributed by atoms with van der Waals surface area (Å²) in [5.41, 5.74) is 2.33. The van der Waals surface area contributed by atoms with E-state index >= 15 is 0 Å². The van der Waals surface area contributed by atoms with Crippen molar-refractivity contribution < 1.29 is 28.6 Å². The van der Waals surface area contributed by atoms with Crippen molar-refractivity contribution in [3.8, 4) is 11.5 Å². The minimum Gasteiger partial charge on any atom is -0.507 e. The van der Waals surface area contributed by atoms with E-state index in [0.29, 0.717) is 40.1 Å². The van der Waals surface area contributed by atoms with Gasteiger partial charge in [0.15, 0.2) is 5.13 Å².